The average molecular weight is 448 g/mol. The van der Waals surface area contributed by atoms with E-state index in [-0.39, 0.29) is 29.8 Å². The Bertz CT molecular complexity index is 854. The molecule has 0 radical (unpaired) electrons. The number of rotatable bonds is 5. The van der Waals surface area contributed by atoms with E-state index in [1.165, 1.54) is 5.56 Å². The Balaban J connectivity index is 1.53. The van der Waals surface area contributed by atoms with E-state index in [4.69, 9.17) is 27.9 Å². The van der Waals surface area contributed by atoms with Crippen molar-refractivity contribution in [3.05, 3.63) is 58.2 Å². The summed E-state index contributed by atoms with van der Waals surface area (Å²) in [6, 6.07) is 11.5. The Morgan fingerprint density at radius 1 is 1.10 bits per heavy atom. The Hall–Kier alpha value is -1.82. The maximum Gasteiger partial charge on any atom is 0.225 e. The first kappa shape index (κ1) is 21.4. The first-order chi connectivity index (χ1) is 14.5. The van der Waals surface area contributed by atoms with Crippen LogP contribution in [-0.4, -0.2) is 48.1 Å². The lowest BCUT2D eigenvalue weighted by molar-refractivity contribution is -0.135. The minimum atomic E-state index is -0.106. The van der Waals surface area contributed by atoms with E-state index < -0.39 is 0 Å². The largest absolute Gasteiger partial charge is 0.474 e. The molecule has 2 fully saturated rings. The lowest BCUT2D eigenvalue weighted by atomic mass is 9.86. The van der Waals surface area contributed by atoms with E-state index in [0.717, 1.165) is 25.9 Å². The fraction of sp³-hybridized carbons (Fsp3) is 0.478. The molecule has 160 valence electrons. The van der Waals surface area contributed by atoms with Crippen LogP contribution in [0.3, 0.4) is 0 Å². The summed E-state index contributed by atoms with van der Waals surface area (Å²) in [5.74, 6) is 1.29. The minimum absolute atomic E-state index is 0.106. The number of amides is 1. The lowest BCUT2D eigenvalue weighted by Crippen LogP contribution is -2.40. The van der Waals surface area contributed by atoms with Crippen LogP contribution in [0.2, 0.25) is 10.0 Å². The van der Waals surface area contributed by atoms with Gasteiger partial charge in [-0.25, -0.2) is 4.98 Å². The van der Waals surface area contributed by atoms with Crippen molar-refractivity contribution in [1.82, 2.24) is 15.2 Å². The van der Waals surface area contributed by atoms with Crippen LogP contribution in [0.25, 0.3) is 0 Å². The van der Waals surface area contributed by atoms with Gasteiger partial charge in [-0.3, -0.25) is 4.79 Å². The predicted octanol–water partition coefficient (Wildman–Crippen LogP) is 4.40. The van der Waals surface area contributed by atoms with Crippen LogP contribution in [-0.2, 0) is 4.79 Å². The highest BCUT2D eigenvalue weighted by Gasteiger charge is 2.41. The number of piperidine rings is 1. The number of hydrogen-bond donors (Lipinski definition) is 1. The fourth-order valence-corrected chi connectivity index (χ4v) is 4.82. The van der Waals surface area contributed by atoms with Gasteiger partial charge in [-0.2, -0.15) is 0 Å². The van der Waals surface area contributed by atoms with E-state index in [0.29, 0.717) is 29.0 Å². The zero-order chi connectivity index (χ0) is 21.1. The van der Waals surface area contributed by atoms with Gasteiger partial charge < -0.3 is 15.0 Å². The van der Waals surface area contributed by atoms with Crippen molar-refractivity contribution in [2.24, 2.45) is 11.8 Å². The number of likely N-dealkylation sites (tertiary alicyclic amines) is 1. The van der Waals surface area contributed by atoms with Crippen molar-refractivity contribution in [3.63, 3.8) is 0 Å². The summed E-state index contributed by atoms with van der Waals surface area (Å²) in [4.78, 5) is 19.5. The van der Waals surface area contributed by atoms with Crippen molar-refractivity contribution in [2.75, 3.05) is 26.2 Å². The molecule has 1 aromatic heterocycles. The van der Waals surface area contributed by atoms with Gasteiger partial charge in [0.05, 0.1) is 5.02 Å². The van der Waals surface area contributed by atoms with Crippen molar-refractivity contribution in [1.29, 1.82) is 0 Å². The second-order valence-corrected chi connectivity index (χ2v) is 9.10. The first-order valence-electron chi connectivity index (χ1n) is 10.5. The third kappa shape index (κ3) is 4.90. The molecule has 4 rings (SSSR count). The van der Waals surface area contributed by atoms with Crippen LogP contribution < -0.4 is 10.1 Å². The van der Waals surface area contributed by atoms with E-state index in [9.17, 15) is 4.79 Å². The summed E-state index contributed by atoms with van der Waals surface area (Å²) in [7, 11) is 0. The maximum atomic E-state index is 13.2. The second kappa shape index (κ2) is 9.54. The van der Waals surface area contributed by atoms with E-state index in [2.05, 4.69) is 29.4 Å². The van der Waals surface area contributed by atoms with Gasteiger partial charge in [0, 0.05) is 48.1 Å². The third-order valence-electron chi connectivity index (χ3n) is 6.27. The molecule has 0 saturated carbocycles. The predicted molar refractivity (Wildman–Crippen MR) is 119 cm³/mol. The molecular weight excluding hydrogens is 421 g/mol. The molecule has 3 heterocycles. The van der Waals surface area contributed by atoms with Gasteiger partial charge >= 0.3 is 0 Å². The molecule has 2 aliphatic rings. The zero-order valence-electron chi connectivity index (χ0n) is 17.1. The van der Waals surface area contributed by atoms with Gasteiger partial charge in [0.15, 0.2) is 0 Å². The summed E-state index contributed by atoms with van der Waals surface area (Å²) in [6.07, 6.45) is 3.30. The van der Waals surface area contributed by atoms with Crippen LogP contribution in [0.4, 0.5) is 0 Å². The molecule has 30 heavy (non-hydrogen) atoms. The summed E-state index contributed by atoms with van der Waals surface area (Å²) >= 11 is 12.0. The molecule has 3 atom stereocenters. The van der Waals surface area contributed by atoms with Gasteiger partial charge in [-0.05, 0) is 56.6 Å². The number of hydrogen-bond acceptors (Lipinski definition) is 4. The lowest BCUT2D eigenvalue weighted by Gasteiger charge is -2.27. The summed E-state index contributed by atoms with van der Waals surface area (Å²) in [5, 5.41) is 4.63. The van der Waals surface area contributed by atoms with Crippen molar-refractivity contribution >= 4 is 29.1 Å². The van der Waals surface area contributed by atoms with Gasteiger partial charge in [-0.15, -0.1) is 0 Å². The maximum absolute atomic E-state index is 13.2. The minimum Gasteiger partial charge on any atom is -0.474 e. The summed E-state index contributed by atoms with van der Waals surface area (Å²) in [5.41, 5.74) is 1.18. The van der Waals surface area contributed by atoms with Crippen LogP contribution in [0, 0.1) is 11.8 Å². The molecular formula is C23H27Cl2N3O2. The Labute approximate surface area is 187 Å². The normalized spacial score (nSPS) is 23.4. The molecule has 1 N–H and O–H groups in total. The molecule has 0 aliphatic carbocycles. The Morgan fingerprint density at radius 2 is 1.80 bits per heavy atom. The quantitative estimate of drug-likeness (QED) is 0.737. The molecule has 1 amide bonds. The molecule has 2 aliphatic heterocycles. The standard InChI is InChI=1S/C23H27Cl2N3O2/c1-15(30-22-7-6-19(25)12-27-22)20-13-28(23(29)17-8-10-26-11-9-17)14-21(20)16-2-4-18(24)5-3-16/h2-7,12,15,17,20-21,26H,8-11,13-14H2,1H3/t15-,20+,21+/m0/s1. The van der Waals surface area contributed by atoms with Crippen molar-refractivity contribution in [2.45, 2.75) is 31.8 Å². The molecule has 0 unspecified atom stereocenters. The van der Waals surface area contributed by atoms with Crippen molar-refractivity contribution < 1.29 is 9.53 Å². The van der Waals surface area contributed by atoms with Gasteiger partial charge in [0.25, 0.3) is 0 Å². The number of nitrogens with zero attached hydrogens (tertiary/aromatic N) is 2. The zero-order valence-corrected chi connectivity index (χ0v) is 18.6. The summed E-state index contributed by atoms with van der Waals surface area (Å²) in [6.45, 7) is 5.27. The number of aromatic nitrogens is 1. The molecule has 2 aromatic rings. The highest BCUT2D eigenvalue weighted by molar-refractivity contribution is 6.30. The molecule has 0 bridgehead atoms. The SMILES string of the molecule is C[C@H](Oc1ccc(Cl)cn1)[C@H]1CN(C(=O)C2CCNCC2)C[C@@H]1c1ccc(Cl)cc1. The Kier molecular flexibility index (Phi) is 6.81. The van der Waals surface area contributed by atoms with E-state index in [1.54, 1.807) is 18.3 Å². The molecule has 0 spiro atoms. The number of ether oxygens (including phenoxy) is 1. The smallest absolute Gasteiger partial charge is 0.225 e. The van der Waals surface area contributed by atoms with Crippen LogP contribution in [0.15, 0.2) is 42.6 Å². The number of carbonyl (C=O) groups is 1. The van der Waals surface area contributed by atoms with Gasteiger partial charge in [0.1, 0.15) is 6.10 Å². The summed E-state index contributed by atoms with van der Waals surface area (Å²) < 4.78 is 6.16. The highest BCUT2D eigenvalue weighted by atomic mass is 35.5. The molecule has 1 aromatic carbocycles. The van der Waals surface area contributed by atoms with Crippen LogP contribution >= 0.6 is 23.2 Å². The average Bonchev–Trinajstić information content (AvgIpc) is 3.21. The number of nitrogens with one attached hydrogen (secondary N) is 1. The molecule has 2 saturated heterocycles. The molecule has 7 heteroatoms. The van der Waals surface area contributed by atoms with Crippen LogP contribution in [0.5, 0.6) is 5.88 Å². The topological polar surface area (TPSA) is 54.5 Å². The van der Waals surface area contributed by atoms with Gasteiger partial charge in [-0.1, -0.05) is 35.3 Å². The third-order valence-corrected chi connectivity index (χ3v) is 6.75. The second-order valence-electron chi connectivity index (χ2n) is 8.23. The molecule has 5 nitrogen and oxygen atoms in total. The number of carbonyl (C=O) groups excluding carboxylic acids is 1. The van der Waals surface area contributed by atoms with Crippen LogP contribution in [0.1, 0.15) is 31.2 Å². The van der Waals surface area contributed by atoms with Gasteiger partial charge in [0.2, 0.25) is 11.8 Å². The first-order valence-corrected chi connectivity index (χ1v) is 11.3. The fourth-order valence-electron chi connectivity index (χ4n) is 4.58. The van der Waals surface area contributed by atoms with Crippen molar-refractivity contribution in [3.8, 4) is 5.88 Å². The van der Waals surface area contributed by atoms with E-state index in [1.807, 2.05) is 17.0 Å². The highest BCUT2D eigenvalue weighted by Crippen LogP contribution is 2.37. The van der Waals surface area contributed by atoms with E-state index >= 15 is 0 Å². The number of pyridine rings is 1. The number of benzene rings is 1. The Morgan fingerprint density at radius 3 is 2.47 bits per heavy atom. The monoisotopic (exact) mass is 447 g/mol. The number of halogens is 2.